The molecule has 9 unspecified atom stereocenters. The third-order valence-electron chi connectivity index (χ3n) is 9.82. The first-order valence-electron chi connectivity index (χ1n) is 21.0. The Labute approximate surface area is 326 Å². The lowest BCUT2D eigenvalue weighted by Gasteiger charge is -2.40. The molecule has 1 fully saturated rings. The van der Waals surface area contributed by atoms with Gasteiger partial charge in [0.15, 0.2) is 6.29 Å². The van der Waals surface area contributed by atoms with Crippen molar-refractivity contribution >= 4 is 5.91 Å². The molecule has 9 atom stereocenters. The van der Waals surface area contributed by atoms with E-state index in [1.807, 2.05) is 12.2 Å². The predicted molar refractivity (Wildman–Crippen MR) is 215 cm³/mol. The lowest BCUT2D eigenvalue weighted by Crippen LogP contribution is -2.60. The van der Waals surface area contributed by atoms with Gasteiger partial charge >= 0.3 is 0 Å². The maximum absolute atomic E-state index is 12.9. The van der Waals surface area contributed by atoms with Crippen LogP contribution in [0, 0.1) is 0 Å². The van der Waals surface area contributed by atoms with Crippen molar-refractivity contribution < 1.29 is 50.0 Å². The number of allylic oxidation sites excluding steroid dienone is 8. The minimum Gasteiger partial charge on any atom is -0.394 e. The number of nitrogens with one attached hydrogen (secondary N) is 1. The van der Waals surface area contributed by atoms with Gasteiger partial charge in [0.1, 0.15) is 36.6 Å². The summed E-state index contributed by atoms with van der Waals surface area (Å²) in [4.78, 5) is 12.9. The van der Waals surface area contributed by atoms with Crippen LogP contribution in [0.25, 0.3) is 0 Å². The van der Waals surface area contributed by atoms with E-state index in [1.165, 1.54) is 64.2 Å². The molecule has 11 nitrogen and oxygen atoms in total. The van der Waals surface area contributed by atoms with Crippen LogP contribution >= 0.6 is 0 Å². The predicted octanol–water partition coefficient (Wildman–Crippen LogP) is 5.83. The molecule has 0 aromatic rings. The van der Waals surface area contributed by atoms with E-state index in [0.29, 0.717) is 19.3 Å². The van der Waals surface area contributed by atoms with Crippen LogP contribution < -0.4 is 5.32 Å². The van der Waals surface area contributed by atoms with Crippen LogP contribution in [-0.4, -0.2) is 110 Å². The van der Waals surface area contributed by atoms with E-state index in [4.69, 9.17) is 9.47 Å². The molecule has 314 valence electrons. The van der Waals surface area contributed by atoms with Gasteiger partial charge in [-0.15, -0.1) is 0 Å². The number of aliphatic hydroxyl groups is 7. The highest BCUT2D eigenvalue weighted by Gasteiger charge is 2.44. The van der Waals surface area contributed by atoms with Gasteiger partial charge < -0.3 is 50.5 Å². The summed E-state index contributed by atoms with van der Waals surface area (Å²) in [6, 6.07) is -1.21. The number of hydrogen-bond acceptors (Lipinski definition) is 10. The second-order valence-electron chi connectivity index (χ2n) is 14.7. The van der Waals surface area contributed by atoms with Crippen LogP contribution in [0.15, 0.2) is 48.6 Å². The second kappa shape index (κ2) is 33.2. The average molecular weight is 768 g/mol. The highest BCUT2D eigenvalue weighted by Crippen LogP contribution is 2.23. The summed E-state index contributed by atoms with van der Waals surface area (Å²) in [6.45, 7) is 3.30. The summed E-state index contributed by atoms with van der Waals surface area (Å²) in [6.07, 6.45) is 26.3. The van der Waals surface area contributed by atoms with Gasteiger partial charge in [-0.1, -0.05) is 114 Å². The molecular weight excluding hydrogens is 690 g/mol. The molecule has 0 bridgehead atoms. The molecule has 0 radical (unpaired) electrons. The van der Waals surface area contributed by atoms with Crippen LogP contribution in [0.3, 0.4) is 0 Å². The van der Waals surface area contributed by atoms with E-state index in [1.54, 1.807) is 0 Å². The van der Waals surface area contributed by atoms with Gasteiger partial charge in [0, 0.05) is 0 Å². The van der Waals surface area contributed by atoms with Crippen LogP contribution in [0.4, 0.5) is 0 Å². The highest BCUT2D eigenvalue weighted by atomic mass is 16.7. The van der Waals surface area contributed by atoms with Crippen LogP contribution in [-0.2, 0) is 14.3 Å². The largest absolute Gasteiger partial charge is 0.394 e. The van der Waals surface area contributed by atoms with Gasteiger partial charge in [0.05, 0.1) is 25.4 Å². The average Bonchev–Trinajstić information content (AvgIpc) is 3.17. The van der Waals surface area contributed by atoms with Crippen molar-refractivity contribution in [3.05, 3.63) is 48.6 Å². The molecule has 1 aliphatic rings. The minimum atomic E-state index is -1.68. The van der Waals surface area contributed by atoms with Gasteiger partial charge in [-0.25, -0.2) is 0 Å². The van der Waals surface area contributed by atoms with E-state index in [9.17, 15) is 40.5 Å². The summed E-state index contributed by atoms with van der Waals surface area (Å²) >= 11 is 0. The summed E-state index contributed by atoms with van der Waals surface area (Å²) in [7, 11) is 0. The first kappa shape index (κ1) is 50.1. The van der Waals surface area contributed by atoms with Crippen molar-refractivity contribution in [2.75, 3.05) is 13.2 Å². The first-order valence-corrected chi connectivity index (χ1v) is 21.0. The molecule has 0 aliphatic carbocycles. The Morgan fingerprint density at radius 3 is 1.67 bits per heavy atom. The summed E-state index contributed by atoms with van der Waals surface area (Å²) in [5.41, 5.74) is 0. The summed E-state index contributed by atoms with van der Waals surface area (Å²) in [5, 5.41) is 75.1. The number of unbranched alkanes of at least 4 members (excludes halogenated alkanes) is 13. The fraction of sp³-hybridized carbons (Fsp3) is 0.791. The fourth-order valence-electron chi connectivity index (χ4n) is 6.24. The molecular formula is C43H77NO10. The van der Waals surface area contributed by atoms with Gasteiger partial charge in [0.2, 0.25) is 5.91 Å². The maximum Gasteiger partial charge on any atom is 0.249 e. The normalized spacial score (nSPS) is 23.2. The fourth-order valence-corrected chi connectivity index (χ4v) is 6.24. The van der Waals surface area contributed by atoms with Crippen molar-refractivity contribution in [3.8, 4) is 0 Å². The molecule has 0 spiro atoms. The molecule has 0 aromatic heterocycles. The number of hydrogen-bond donors (Lipinski definition) is 8. The Kier molecular flexibility index (Phi) is 30.8. The Morgan fingerprint density at radius 2 is 1.11 bits per heavy atom. The van der Waals surface area contributed by atoms with E-state index in [0.717, 1.165) is 38.5 Å². The monoisotopic (exact) mass is 768 g/mol. The van der Waals surface area contributed by atoms with Crippen molar-refractivity contribution in [1.82, 2.24) is 5.32 Å². The summed E-state index contributed by atoms with van der Waals surface area (Å²) in [5.74, 6) is -0.753. The molecule has 1 aliphatic heterocycles. The third-order valence-corrected chi connectivity index (χ3v) is 9.82. The Bertz CT molecular complexity index is 1020. The zero-order valence-corrected chi connectivity index (χ0v) is 33.4. The Balaban J connectivity index is 2.53. The van der Waals surface area contributed by atoms with E-state index in [2.05, 4.69) is 55.6 Å². The number of ether oxygens (including phenoxy) is 2. The number of aliphatic hydroxyl groups excluding tert-OH is 7. The van der Waals surface area contributed by atoms with Crippen LogP contribution in [0.2, 0.25) is 0 Å². The van der Waals surface area contributed by atoms with Crippen molar-refractivity contribution in [3.63, 3.8) is 0 Å². The van der Waals surface area contributed by atoms with E-state index in [-0.39, 0.29) is 12.8 Å². The van der Waals surface area contributed by atoms with Crippen LogP contribution in [0.5, 0.6) is 0 Å². The highest BCUT2D eigenvalue weighted by molar-refractivity contribution is 5.80. The molecule has 11 heteroatoms. The SMILES string of the molecule is CCCCCC/C=C\CCC(O)C(=O)NC(COC1OC(CO)C(O)C(O)C1O)C(O)C(O)CCC/C=C/CC/C=C/CC/C=C/CCCCCCCC. The lowest BCUT2D eigenvalue weighted by atomic mass is 9.99. The van der Waals surface area contributed by atoms with Crippen LogP contribution in [0.1, 0.15) is 149 Å². The number of amides is 1. The topological polar surface area (TPSA) is 189 Å². The molecule has 1 heterocycles. The first-order chi connectivity index (χ1) is 26.2. The zero-order valence-electron chi connectivity index (χ0n) is 33.4. The molecule has 1 saturated heterocycles. The molecule has 0 saturated carbocycles. The number of carbonyl (C=O) groups is 1. The molecule has 54 heavy (non-hydrogen) atoms. The van der Waals surface area contributed by atoms with Crippen molar-refractivity contribution in [2.24, 2.45) is 0 Å². The maximum atomic E-state index is 12.9. The smallest absolute Gasteiger partial charge is 0.249 e. The zero-order chi connectivity index (χ0) is 39.8. The number of carbonyl (C=O) groups excluding carboxylic acids is 1. The van der Waals surface area contributed by atoms with Gasteiger partial charge in [0.25, 0.3) is 0 Å². The summed E-state index contributed by atoms with van der Waals surface area (Å²) < 4.78 is 11.0. The van der Waals surface area contributed by atoms with Crippen molar-refractivity contribution in [1.29, 1.82) is 0 Å². The van der Waals surface area contributed by atoms with Gasteiger partial charge in [-0.3, -0.25) is 4.79 Å². The van der Waals surface area contributed by atoms with Gasteiger partial charge in [-0.2, -0.15) is 0 Å². The molecule has 1 amide bonds. The Hall–Kier alpha value is -1.93. The lowest BCUT2D eigenvalue weighted by molar-refractivity contribution is -0.303. The second-order valence-corrected chi connectivity index (χ2v) is 14.7. The van der Waals surface area contributed by atoms with E-state index >= 15 is 0 Å². The third kappa shape index (κ3) is 23.2. The molecule has 1 rings (SSSR count). The van der Waals surface area contributed by atoms with Gasteiger partial charge in [-0.05, 0) is 83.5 Å². The van der Waals surface area contributed by atoms with Crippen molar-refractivity contribution in [2.45, 2.75) is 204 Å². The minimum absolute atomic E-state index is 0.162. The quantitative estimate of drug-likeness (QED) is 0.0298. The number of rotatable bonds is 33. The van der Waals surface area contributed by atoms with E-state index < -0.39 is 74.2 Å². The molecule has 0 aromatic carbocycles. The standard InChI is InChI=1S/C43H77NO10/c1-3-5-7-9-11-13-14-15-16-17-18-19-20-21-22-23-25-26-28-30-35(46)38(48)34(33-53-43-41(51)40(50)39(49)37(32-45)54-43)44-42(52)36(47)31-29-27-24-12-10-8-6-4-2/h15-16,19-20,23-25,27,34-41,43,45-51H,3-14,17-18,21-22,26,28-33H2,1-2H3,(H,44,52)/b16-15+,20-19+,25-23+,27-24-. The molecule has 8 N–H and O–H groups in total. The Morgan fingerprint density at radius 1 is 0.630 bits per heavy atom.